The molecule has 2 heterocycles. The molecule has 0 saturated carbocycles. The summed E-state index contributed by atoms with van der Waals surface area (Å²) >= 11 is 1.55. The maximum atomic E-state index is 5.55. The zero-order valence-electron chi connectivity index (χ0n) is 9.59. The Hall–Kier alpha value is -1.63. The second kappa shape index (κ2) is 4.93. The number of aromatic nitrogens is 1. The van der Waals surface area contributed by atoms with E-state index in [-0.39, 0.29) is 0 Å². The largest absolute Gasteiger partial charge is 0.486 e. The van der Waals surface area contributed by atoms with Gasteiger partial charge in [0.1, 0.15) is 24.8 Å². The van der Waals surface area contributed by atoms with E-state index in [1.54, 1.807) is 11.3 Å². The molecular weight excluding hydrogens is 252 g/mol. The van der Waals surface area contributed by atoms with Crippen molar-refractivity contribution in [2.24, 2.45) is 5.90 Å². The maximum Gasteiger partial charge on any atom is 0.162 e. The molecule has 1 aromatic heterocycles. The number of rotatable bonds is 3. The highest BCUT2D eigenvalue weighted by Crippen LogP contribution is 2.35. The van der Waals surface area contributed by atoms with Crippen molar-refractivity contribution in [3.8, 4) is 22.1 Å². The second-order valence-electron chi connectivity index (χ2n) is 3.81. The molecule has 94 valence electrons. The first-order chi connectivity index (χ1) is 8.86. The number of ether oxygens (including phenoxy) is 2. The highest BCUT2D eigenvalue weighted by atomic mass is 32.1. The molecule has 2 N–H and O–H groups in total. The van der Waals surface area contributed by atoms with Crippen LogP contribution in [0.4, 0.5) is 0 Å². The van der Waals surface area contributed by atoms with Gasteiger partial charge in [-0.25, -0.2) is 10.9 Å². The minimum atomic E-state index is 0.320. The molecule has 6 heteroatoms. The Kier molecular flexibility index (Phi) is 3.14. The fourth-order valence-corrected chi connectivity index (χ4v) is 2.57. The third-order valence-electron chi connectivity index (χ3n) is 2.57. The Bertz CT molecular complexity index is 556. The highest BCUT2D eigenvalue weighted by molar-refractivity contribution is 7.13. The molecule has 3 rings (SSSR count). The number of nitrogens with two attached hydrogens (primary N) is 1. The van der Waals surface area contributed by atoms with Gasteiger partial charge in [-0.05, 0) is 18.2 Å². The molecule has 1 aliphatic heterocycles. The Morgan fingerprint density at radius 3 is 2.94 bits per heavy atom. The average Bonchev–Trinajstić information content (AvgIpc) is 2.87. The van der Waals surface area contributed by atoms with Crippen molar-refractivity contribution >= 4 is 11.3 Å². The van der Waals surface area contributed by atoms with E-state index >= 15 is 0 Å². The van der Waals surface area contributed by atoms with Crippen molar-refractivity contribution in [3.05, 3.63) is 29.3 Å². The van der Waals surface area contributed by atoms with E-state index in [2.05, 4.69) is 9.82 Å². The van der Waals surface area contributed by atoms with Crippen molar-refractivity contribution in [2.45, 2.75) is 6.61 Å². The smallest absolute Gasteiger partial charge is 0.162 e. The van der Waals surface area contributed by atoms with Gasteiger partial charge in [-0.2, -0.15) is 0 Å². The molecule has 0 aliphatic carbocycles. The minimum Gasteiger partial charge on any atom is -0.486 e. The number of hydrogen-bond donors (Lipinski definition) is 1. The highest BCUT2D eigenvalue weighted by Gasteiger charge is 2.13. The lowest BCUT2D eigenvalue weighted by Gasteiger charge is -2.18. The van der Waals surface area contributed by atoms with Gasteiger partial charge < -0.3 is 9.47 Å². The van der Waals surface area contributed by atoms with Crippen LogP contribution in [0, 0.1) is 0 Å². The molecule has 0 unspecified atom stereocenters. The molecule has 1 aromatic carbocycles. The fourth-order valence-electron chi connectivity index (χ4n) is 1.77. The van der Waals surface area contributed by atoms with Crippen LogP contribution in [0.5, 0.6) is 11.5 Å². The Balaban J connectivity index is 1.91. The van der Waals surface area contributed by atoms with Crippen molar-refractivity contribution in [1.29, 1.82) is 0 Å². The molecule has 0 saturated heterocycles. The summed E-state index contributed by atoms with van der Waals surface area (Å²) in [6.45, 7) is 1.50. The van der Waals surface area contributed by atoms with Gasteiger partial charge in [-0.3, -0.25) is 4.84 Å². The predicted molar refractivity (Wildman–Crippen MR) is 67.5 cm³/mol. The van der Waals surface area contributed by atoms with Crippen LogP contribution in [-0.2, 0) is 11.4 Å². The minimum absolute atomic E-state index is 0.320. The topological polar surface area (TPSA) is 66.6 Å². The van der Waals surface area contributed by atoms with E-state index in [4.69, 9.17) is 15.4 Å². The van der Waals surface area contributed by atoms with Gasteiger partial charge in [0.05, 0.1) is 5.69 Å². The van der Waals surface area contributed by atoms with E-state index < -0.39 is 0 Å². The summed E-state index contributed by atoms with van der Waals surface area (Å²) in [5.74, 6) is 6.58. The van der Waals surface area contributed by atoms with Gasteiger partial charge in [0.2, 0.25) is 0 Å². The van der Waals surface area contributed by atoms with Crippen LogP contribution in [0.25, 0.3) is 10.6 Å². The summed E-state index contributed by atoms with van der Waals surface area (Å²) in [7, 11) is 0. The number of hydrogen-bond acceptors (Lipinski definition) is 6. The van der Waals surface area contributed by atoms with E-state index in [1.165, 1.54) is 0 Å². The van der Waals surface area contributed by atoms with Gasteiger partial charge in [-0.1, -0.05) is 0 Å². The Morgan fingerprint density at radius 1 is 1.28 bits per heavy atom. The van der Waals surface area contributed by atoms with E-state index in [1.807, 2.05) is 23.6 Å². The first-order valence-electron chi connectivity index (χ1n) is 5.53. The van der Waals surface area contributed by atoms with E-state index in [0.717, 1.165) is 27.8 Å². The summed E-state index contributed by atoms with van der Waals surface area (Å²) in [6.07, 6.45) is 0. The molecule has 0 amide bonds. The summed E-state index contributed by atoms with van der Waals surface area (Å²) in [5.41, 5.74) is 1.83. The van der Waals surface area contributed by atoms with Crippen molar-refractivity contribution in [2.75, 3.05) is 13.2 Å². The molecule has 0 fully saturated rings. The zero-order chi connectivity index (χ0) is 12.4. The quantitative estimate of drug-likeness (QED) is 0.858. The molecule has 1 aliphatic rings. The van der Waals surface area contributed by atoms with Gasteiger partial charge >= 0.3 is 0 Å². The van der Waals surface area contributed by atoms with Gasteiger partial charge in [-0.15, -0.1) is 11.3 Å². The van der Waals surface area contributed by atoms with Gasteiger partial charge in [0.25, 0.3) is 0 Å². The lowest BCUT2D eigenvalue weighted by Crippen LogP contribution is -2.15. The van der Waals surface area contributed by atoms with Crippen molar-refractivity contribution in [1.82, 2.24) is 4.98 Å². The van der Waals surface area contributed by atoms with E-state index in [0.29, 0.717) is 19.8 Å². The average molecular weight is 264 g/mol. The number of fused-ring (bicyclic) bond motifs is 1. The Labute approximate surface area is 108 Å². The summed E-state index contributed by atoms with van der Waals surface area (Å²) in [5, 5.41) is 2.85. The normalized spacial score (nSPS) is 13.6. The predicted octanol–water partition coefficient (Wildman–Crippen LogP) is 1.97. The van der Waals surface area contributed by atoms with Gasteiger partial charge in [0, 0.05) is 10.9 Å². The van der Waals surface area contributed by atoms with E-state index in [9.17, 15) is 0 Å². The molecule has 0 radical (unpaired) electrons. The lowest BCUT2D eigenvalue weighted by atomic mass is 10.2. The Morgan fingerprint density at radius 2 is 2.11 bits per heavy atom. The number of nitrogens with zero attached hydrogens (tertiary/aromatic N) is 1. The molecule has 0 atom stereocenters. The molecule has 0 bridgehead atoms. The fraction of sp³-hybridized carbons (Fsp3) is 0.250. The maximum absolute atomic E-state index is 5.55. The SMILES string of the molecule is NOCc1csc(-c2ccc3c(c2)OCCO3)n1. The molecule has 2 aromatic rings. The summed E-state index contributed by atoms with van der Waals surface area (Å²) in [6, 6.07) is 5.82. The number of thiazole rings is 1. The van der Waals surface area contributed by atoms with Crippen LogP contribution < -0.4 is 15.4 Å². The molecule has 0 spiro atoms. The third-order valence-corrected chi connectivity index (χ3v) is 3.51. The first kappa shape index (κ1) is 11.5. The van der Waals surface area contributed by atoms with Crippen LogP contribution in [0.1, 0.15) is 5.69 Å². The van der Waals surface area contributed by atoms with Crippen LogP contribution >= 0.6 is 11.3 Å². The van der Waals surface area contributed by atoms with Crippen LogP contribution in [0.15, 0.2) is 23.6 Å². The molecule has 18 heavy (non-hydrogen) atoms. The molecule has 5 nitrogen and oxygen atoms in total. The van der Waals surface area contributed by atoms with Crippen LogP contribution in [0.2, 0.25) is 0 Å². The summed E-state index contributed by atoms with van der Waals surface area (Å²) < 4.78 is 11.0. The van der Waals surface area contributed by atoms with Crippen molar-refractivity contribution in [3.63, 3.8) is 0 Å². The second-order valence-corrected chi connectivity index (χ2v) is 4.67. The van der Waals surface area contributed by atoms with Crippen LogP contribution in [0.3, 0.4) is 0 Å². The monoisotopic (exact) mass is 264 g/mol. The number of benzene rings is 1. The summed E-state index contributed by atoms with van der Waals surface area (Å²) in [4.78, 5) is 9.00. The van der Waals surface area contributed by atoms with Gasteiger partial charge in [0.15, 0.2) is 11.5 Å². The van der Waals surface area contributed by atoms with Crippen LogP contribution in [-0.4, -0.2) is 18.2 Å². The lowest BCUT2D eigenvalue weighted by molar-refractivity contribution is 0.122. The standard InChI is InChI=1S/C12H12N2O3S/c13-17-6-9-7-18-12(14-9)8-1-2-10-11(5-8)16-4-3-15-10/h1-2,5,7H,3-4,6,13H2. The third kappa shape index (κ3) is 2.17. The van der Waals surface area contributed by atoms with Crippen molar-refractivity contribution < 1.29 is 14.3 Å². The zero-order valence-corrected chi connectivity index (χ0v) is 10.4. The first-order valence-corrected chi connectivity index (χ1v) is 6.41. The molecular formula is C12H12N2O3S.